The van der Waals surface area contributed by atoms with Crippen LogP contribution in [-0.4, -0.2) is 39.9 Å². The van der Waals surface area contributed by atoms with E-state index in [9.17, 15) is 27.7 Å². The molecule has 0 bridgehead atoms. The Kier molecular flexibility index (Phi) is 21.6. The molecule has 0 amide bonds. The first kappa shape index (κ1) is 33.7. The molecule has 3 N–H and O–H groups in total. The molecule has 0 aromatic heterocycles. The van der Waals surface area contributed by atoms with Crippen LogP contribution in [0.5, 0.6) is 0 Å². The molecule has 0 fully saturated rings. The first-order valence-electron chi connectivity index (χ1n) is 11.6. The van der Waals surface area contributed by atoms with Crippen molar-refractivity contribution in [2.24, 2.45) is 0 Å². The summed E-state index contributed by atoms with van der Waals surface area (Å²) in [6.07, 6.45) is 16.6. The van der Waals surface area contributed by atoms with Crippen molar-refractivity contribution in [1.82, 2.24) is 0 Å². The zero-order chi connectivity index (χ0) is 22.9. The molecular weight excluding hydrogens is 447 g/mol. The molecule has 9 heteroatoms. The van der Waals surface area contributed by atoms with Gasteiger partial charge in [0, 0.05) is 0 Å². The minimum atomic E-state index is -5.02. The normalized spacial score (nSPS) is 13.4. The third kappa shape index (κ3) is 15.9. The summed E-state index contributed by atoms with van der Waals surface area (Å²) >= 11 is 0. The Bertz CT molecular complexity index is 587. The molecule has 0 aromatic rings. The van der Waals surface area contributed by atoms with Gasteiger partial charge in [-0.25, -0.2) is 0 Å². The van der Waals surface area contributed by atoms with Gasteiger partial charge in [0.1, 0.15) is 0 Å². The monoisotopic (exact) mass is 490 g/mol. The fourth-order valence-corrected chi connectivity index (χ4v) is 4.73. The van der Waals surface area contributed by atoms with Crippen LogP contribution in [0.25, 0.3) is 0 Å². The van der Waals surface area contributed by atoms with E-state index in [0.29, 0.717) is 6.42 Å². The molecule has 0 aliphatic heterocycles. The molecular formula is C22H43KO7S. The van der Waals surface area contributed by atoms with E-state index < -0.39 is 39.6 Å². The molecule has 0 saturated heterocycles. The average molecular weight is 491 g/mol. The van der Waals surface area contributed by atoms with Crippen LogP contribution in [0.1, 0.15) is 124 Å². The van der Waals surface area contributed by atoms with Gasteiger partial charge in [0.15, 0.2) is 0 Å². The third-order valence-electron chi connectivity index (χ3n) is 5.75. The Labute approximate surface area is 232 Å². The SMILES string of the molecule is CCCCCCCCCCCCCCCCCCC(CC(=O)O)(C(=O)O)S(=O)(=O)O.[H-].[K+]. The quantitative estimate of drug-likeness (QED) is 0.128. The van der Waals surface area contributed by atoms with Crippen molar-refractivity contribution in [3.8, 4) is 0 Å². The second-order valence-electron chi connectivity index (χ2n) is 8.40. The van der Waals surface area contributed by atoms with Gasteiger partial charge in [0.05, 0.1) is 6.42 Å². The first-order chi connectivity index (χ1) is 14.2. The molecule has 0 aliphatic rings. The Morgan fingerprint density at radius 1 is 0.710 bits per heavy atom. The maximum atomic E-state index is 11.5. The fraction of sp³-hybridized carbons (Fsp3) is 0.909. The van der Waals surface area contributed by atoms with Crippen LogP contribution < -0.4 is 51.4 Å². The standard InChI is InChI=1S/C22H42O7S.K.H/c1-2-3-4-5-6-7-8-9-10-11-12-13-14-15-16-17-18-22(21(25)26,19-20(23)24)30(27,28)29;;/h2-19H2,1H3,(H,23,24)(H,25,26)(H,27,28,29);;/q;+1;-1. The number of aliphatic carboxylic acids is 2. The van der Waals surface area contributed by atoms with Crippen molar-refractivity contribution >= 4 is 22.1 Å². The molecule has 180 valence electrons. The van der Waals surface area contributed by atoms with Crippen molar-refractivity contribution in [3.63, 3.8) is 0 Å². The van der Waals surface area contributed by atoms with Crippen molar-refractivity contribution in [3.05, 3.63) is 0 Å². The van der Waals surface area contributed by atoms with Crippen molar-refractivity contribution in [2.75, 3.05) is 0 Å². The van der Waals surface area contributed by atoms with Crippen molar-refractivity contribution in [1.29, 1.82) is 0 Å². The van der Waals surface area contributed by atoms with Gasteiger partial charge < -0.3 is 11.6 Å². The number of carboxylic acid groups (broad SMARTS) is 2. The predicted octanol–water partition coefficient (Wildman–Crippen LogP) is 2.94. The Morgan fingerprint density at radius 2 is 1.03 bits per heavy atom. The van der Waals surface area contributed by atoms with Gasteiger partial charge in [-0.3, -0.25) is 14.1 Å². The van der Waals surface area contributed by atoms with Crippen LogP contribution in [0.4, 0.5) is 0 Å². The Hall–Kier alpha value is 0.486. The summed E-state index contributed by atoms with van der Waals surface area (Å²) in [4.78, 5) is 22.3. The molecule has 0 heterocycles. The number of rotatable bonds is 21. The smallest absolute Gasteiger partial charge is 1.00 e. The molecule has 0 saturated carbocycles. The molecule has 0 aliphatic carbocycles. The number of hydrogen-bond acceptors (Lipinski definition) is 4. The van der Waals surface area contributed by atoms with Gasteiger partial charge >= 0.3 is 63.3 Å². The number of unbranched alkanes of at least 4 members (excludes halogenated alkanes) is 15. The van der Waals surface area contributed by atoms with E-state index in [4.69, 9.17) is 5.11 Å². The summed E-state index contributed by atoms with van der Waals surface area (Å²) in [5.41, 5.74) is 0. The zero-order valence-corrected chi connectivity index (χ0v) is 23.6. The first-order valence-corrected chi connectivity index (χ1v) is 13.0. The van der Waals surface area contributed by atoms with E-state index >= 15 is 0 Å². The molecule has 0 aromatic carbocycles. The van der Waals surface area contributed by atoms with Crippen molar-refractivity contribution in [2.45, 2.75) is 127 Å². The van der Waals surface area contributed by atoms with Crippen LogP contribution in [0.15, 0.2) is 0 Å². The molecule has 1 unspecified atom stereocenters. The molecule has 7 nitrogen and oxygen atoms in total. The third-order valence-corrected chi connectivity index (χ3v) is 7.27. The number of carbonyl (C=O) groups is 2. The molecule has 0 radical (unpaired) electrons. The largest absolute Gasteiger partial charge is 1.00 e. The van der Waals surface area contributed by atoms with Crippen LogP contribution in [0.3, 0.4) is 0 Å². The van der Waals surface area contributed by atoms with Crippen LogP contribution in [0.2, 0.25) is 0 Å². The second kappa shape index (κ2) is 19.9. The summed E-state index contributed by atoms with van der Waals surface area (Å²) in [5.74, 6) is -3.38. The van der Waals surface area contributed by atoms with E-state index in [1.807, 2.05) is 0 Å². The maximum Gasteiger partial charge on any atom is 1.00 e. The van der Waals surface area contributed by atoms with E-state index in [2.05, 4.69) is 6.92 Å². The van der Waals surface area contributed by atoms with Crippen LogP contribution >= 0.6 is 0 Å². The Morgan fingerprint density at radius 3 is 1.29 bits per heavy atom. The average Bonchev–Trinajstić information content (AvgIpc) is 2.65. The number of hydrogen-bond donors (Lipinski definition) is 3. The maximum absolute atomic E-state index is 11.5. The van der Waals surface area contributed by atoms with E-state index in [-0.39, 0.29) is 59.2 Å². The zero-order valence-electron chi connectivity index (χ0n) is 20.6. The topological polar surface area (TPSA) is 129 Å². The van der Waals surface area contributed by atoms with Crippen LogP contribution in [-0.2, 0) is 19.7 Å². The minimum Gasteiger partial charge on any atom is -1.00 e. The Balaban J connectivity index is -0.00000420. The molecule has 0 spiro atoms. The van der Waals surface area contributed by atoms with Gasteiger partial charge in [-0.1, -0.05) is 110 Å². The summed E-state index contributed by atoms with van der Waals surface area (Å²) in [7, 11) is -5.02. The van der Waals surface area contributed by atoms with Crippen LogP contribution in [0, 0.1) is 0 Å². The summed E-state index contributed by atoms with van der Waals surface area (Å²) in [5, 5.41) is 18.1. The van der Waals surface area contributed by atoms with Gasteiger partial charge in [-0.15, -0.1) is 0 Å². The summed E-state index contributed by atoms with van der Waals surface area (Å²) < 4.78 is 29.7. The molecule has 1 atom stereocenters. The molecule has 0 rings (SSSR count). The van der Waals surface area contributed by atoms with E-state index in [0.717, 1.165) is 19.3 Å². The van der Waals surface area contributed by atoms with E-state index in [1.165, 1.54) is 70.6 Å². The minimum absolute atomic E-state index is 0. The summed E-state index contributed by atoms with van der Waals surface area (Å²) in [6.45, 7) is 2.23. The predicted molar refractivity (Wildman–Crippen MR) is 119 cm³/mol. The van der Waals surface area contributed by atoms with E-state index in [1.54, 1.807) is 0 Å². The van der Waals surface area contributed by atoms with Gasteiger partial charge in [-0.2, -0.15) is 8.42 Å². The van der Waals surface area contributed by atoms with Gasteiger partial charge in [0.25, 0.3) is 10.1 Å². The van der Waals surface area contributed by atoms with Gasteiger partial charge in [-0.05, 0) is 6.42 Å². The van der Waals surface area contributed by atoms with Crippen molar-refractivity contribution < 1.29 is 85.6 Å². The van der Waals surface area contributed by atoms with Gasteiger partial charge in [0.2, 0.25) is 4.75 Å². The summed E-state index contributed by atoms with van der Waals surface area (Å²) in [6, 6.07) is 0. The number of carboxylic acids is 2. The fourth-order valence-electron chi connectivity index (χ4n) is 3.80. The molecule has 31 heavy (non-hydrogen) atoms. The second-order valence-corrected chi connectivity index (χ2v) is 10.1.